The van der Waals surface area contributed by atoms with Gasteiger partial charge in [-0.1, -0.05) is 6.08 Å². The summed E-state index contributed by atoms with van der Waals surface area (Å²) in [5.41, 5.74) is 13.1. The highest BCUT2D eigenvalue weighted by Gasteiger charge is 2.43. The number of carboxylic acids is 2. The van der Waals surface area contributed by atoms with Crippen LogP contribution in [-0.2, 0) is 76.1 Å². The minimum absolute atomic E-state index is 0. The number of Topliss-reactive ketones (excluding diaryl/α,β-unsaturated/α-hetero) is 1. The Kier molecular flexibility index (Phi) is 71.1. The number of allylic oxidation sites excluding steroid dienone is 2. The highest BCUT2D eigenvalue weighted by molar-refractivity contribution is 8.26. The van der Waals surface area contributed by atoms with E-state index in [9.17, 15) is 47.9 Å². The smallest absolute Gasteiger partial charge is 0.366 e. The number of fused-ring (bicyclic) bond motifs is 1. The molecule has 2 heterocycles. The van der Waals surface area contributed by atoms with Crippen LogP contribution in [0.15, 0.2) is 11.8 Å². The number of rotatable bonds is 15. The number of hydrogen-bond donors (Lipinski definition) is 11. The maximum Gasteiger partial charge on any atom is 0.366 e. The lowest BCUT2D eigenvalue weighted by molar-refractivity contribution is -0.692. The van der Waals surface area contributed by atoms with Crippen LogP contribution in [0.4, 0.5) is 0 Å². The zero-order chi connectivity index (χ0) is 63.8. The van der Waals surface area contributed by atoms with Crippen LogP contribution in [0.2, 0.25) is 0 Å². The van der Waals surface area contributed by atoms with Crippen LogP contribution >= 0.6 is 56.2 Å². The molecular formula is C48H89Cl8N7O20S. The van der Waals surface area contributed by atoms with Crippen LogP contribution in [-0.4, -0.2) is 209 Å². The van der Waals surface area contributed by atoms with Crippen molar-refractivity contribution >= 4 is 124 Å². The van der Waals surface area contributed by atoms with E-state index in [-0.39, 0.29) is 96.4 Å². The number of likely N-dealkylation sites (tertiary alicyclic amines) is 1. The van der Waals surface area contributed by atoms with Gasteiger partial charge in [-0.15, -0.1) is 23.2 Å². The summed E-state index contributed by atoms with van der Waals surface area (Å²) in [5, 5.41) is 46.4. The summed E-state index contributed by atoms with van der Waals surface area (Å²) in [6, 6.07) is -3.13. The van der Waals surface area contributed by atoms with E-state index in [2.05, 4.69) is 90.3 Å². The Hall–Kier alpha value is -3.17. The van der Waals surface area contributed by atoms with Crippen LogP contribution < -0.4 is 70.4 Å². The zero-order valence-corrected chi connectivity index (χ0v) is 55.4. The number of nitrogens with zero attached hydrogens (tertiary/aromatic N) is 1. The van der Waals surface area contributed by atoms with Crippen LogP contribution in [0.3, 0.4) is 0 Å². The second-order valence-corrected chi connectivity index (χ2v) is 21.2. The number of aliphatic carboxylic acids is 2. The molecule has 498 valence electrons. The topological polar surface area (TPSA) is 451 Å². The van der Waals surface area contributed by atoms with E-state index in [1.54, 1.807) is 5.70 Å². The first-order valence-corrected chi connectivity index (χ1v) is 29.5. The molecule has 5 aliphatic rings. The third kappa shape index (κ3) is 53.1. The largest absolute Gasteiger partial charge is 1.00 e. The molecule has 2 saturated carbocycles. The van der Waals surface area contributed by atoms with Crippen molar-refractivity contribution in [1.29, 1.82) is 0 Å². The van der Waals surface area contributed by atoms with Crippen molar-refractivity contribution in [1.82, 2.24) is 15.5 Å². The highest BCUT2D eigenvalue weighted by atomic mass is 36.0. The van der Waals surface area contributed by atoms with Crippen molar-refractivity contribution in [3.63, 3.8) is 0 Å². The number of nitrogens with one attached hydrogen (secondary N) is 2. The Balaban J connectivity index is -0.000000131. The van der Waals surface area contributed by atoms with Crippen molar-refractivity contribution < 1.29 is 151 Å². The fourth-order valence-corrected chi connectivity index (χ4v) is 7.89. The van der Waals surface area contributed by atoms with Gasteiger partial charge in [0.15, 0.2) is 12.1 Å². The molecule has 3 aliphatic carbocycles. The first kappa shape index (κ1) is 97.1. The summed E-state index contributed by atoms with van der Waals surface area (Å²) in [6.45, 7) is 5.83. The molecule has 0 aromatic rings. The number of alkyl halides is 2. The number of carboxylic acid groups (broad SMARTS) is 2. The first-order chi connectivity index (χ1) is 38.0. The SMILES string of the molecule is C1=C(N2CCCC2)CCC1.CC(=O)Cl.CO.COC(=O)C(CC1CCCC1=O)NC(C)=O.COC(=O)C(CCl)NC(C)=O.COC(=O)C([NH3+])CCl.COC(=O)C([NH3+])CO.NC(CO)C(=O)O.O=C(O)C1CC2CCCC2[NH2+]1.O=S(Cl)Cl.[Cl-].[Cl-].[Cl-]. The standard InChI is InChI=1S/C11H17NO4.C9H15N.C8H13NO2.C6H10ClNO3.C4H8ClNO2.C4H9NO3.C3H7NO3.C2H3ClO.CH4O.Cl2OS.3ClH/c1-7(13)12-9(11(15)16-2)6-8-4-3-5-10(8)14;1-2-6-9(5-1)10-7-3-4-8-10;10-8(11)7-4-5-2-1-3-6(5)9-7;1-4(9)8-5(3-7)6(10)11-2;1-8-4(7)3(6)2-5;1-8-4(7)3(5)2-6;4-2(1-5)3(6)7;1-2(3)4;1-2;1-4(2)3;;;/h8-9H,3-6H2,1-2H3,(H,12,13);5H,1-4,6-8H2;5-7,9H,1-4H2,(H,10,11);5H,3H2,1-2H3,(H,8,9);3H,2,6H2,1H3;3,6H,2,5H2,1H3;2,5H,1,4H2,(H,6,7);1H3;2H,1H3;;3*1H. The molecule has 2 saturated heterocycles. The third-order valence-electron chi connectivity index (χ3n) is 11.4. The molecule has 9 unspecified atom stereocenters. The lowest BCUT2D eigenvalue weighted by Gasteiger charge is -2.18. The van der Waals surface area contributed by atoms with Crippen molar-refractivity contribution in [3.8, 4) is 0 Å². The Labute approximate surface area is 536 Å². The van der Waals surface area contributed by atoms with E-state index in [1.165, 1.54) is 114 Å². The van der Waals surface area contributed by atoms with Gasteiger partial charge in [0.2, 0.25) is 32.3 Å². The molecule has 27 nitrogen and oxygen atoms in total. The number of amides is 2. The maximum absolute atomic E-state index is 11.4. The summed E-state index contributed by atoms with van der Waals surface area (Å²) in [7, 11) is 13.4. The second kappa shape index (κ2) is 61.5. The second-order valence-electron chi connectivity index (χ2n) is 17.6. The summed E-state index contributed by atoms with van der Waals surface area (Å²) in [6.07, 6.45) is 16.6. The number of esters is 4. The molecule has 0 aromatic carbocycles. The van der Waals surface area contributed by atoms with Crippen molar-refractivity contribution in [3.05, 3.63) is 11.8 Å². The van der Waals surface area contributed by atoms with Gasteiger partial charge in [0, 0.05) is 92.7 Å². The fraction of sp³-hybridized carbons (Fsp3) is 0.750. The van der Waals surface area contributed by atoms with E-state index < -0.39 is 75.9 Å². The van der Waals surface area contributed by atoms with E-state index in [0.717, 1.165) is 26.4 Å². The molecule has 36 heteroatoms. The molecular weight excluding hydrogens is 1310 g/mol. The van der Waals surface area contributed by atoms with Gasteiger partial charge in [-0.2, -0.15) is 0 Å². The monoisotopic (exact) mass is 1400 g/mol. The summed E-state index contributed by atoms with van der Waals surface area (Å²) in [4.78, 5) is 108. The molecule has 0 aromatic heterocycles. The van der Waals surface area contributed by atoms with Gasteiger partial charge >= 0.3 is 35.8 Å². The number of carbonyl (C=O) groups excluding carboxylic acids is 8. The van der Waals surface area contributed by atoms with Crippen LogP contribution in [0, 0.1) is 11.8 Å². The fourth-order valence-electron chi connectivity index (χ4n) is 7.56. The average Bonchev–Trinajstić information content (AvgIpc) is 4.31. The normalized spacial score (nSPS) is 18.6. The maximum atomic E-state index is 11.4. The van der Waals surface area contributed by atoms with Gasteiger partial charge in [0.25, 0.3) is 0 Å². The molecule has 5 rings (SSSR count). The van der Waals surface area contributed by atoms with Crippen LogP contribution in [0.5, 0.6) is 0 Å². The Bertz CT molecular complexity index is 1850. The van der Waals surface area contributed by atoms with Gasteiger partial charge < -0.3 is 120 Å². The Morgan fingerprint density at radius 1 is 0.726 bits per heavy atom. The lowest BCUT2D eigenvalue weighted by atomic mass is 9.97. The van der Waals surface area contributed by atoms with E-state index in [0.29, 0.717) is 24.8 Å². The zero-order valence-electron chi connectivity index (χ0n) is 48.5. The van der Waals surface area contributed by atoms with Crippen molar-refractivity contribution in [2.45, 2.75) is 147 Å². The predicted octanol–water partition coefficient (Wildman–Crippen LogP) is -10.4. The third-order valence-corrected chi connectivity index (χ3v) is 12.1. The number of ether oxygens (including phenoxy) is 4. The van der Waals surface area contributed by atoms with Gasteiger partial charge in [-0.3, -0.25) is 24.0 Å². The Morgan fingerprint density at radius 2 is 1.18 bits per heavy atom. The molecule has 9 atom stereocenters. The molecule has 0 radical (unpaired) electrons. The van der Waals surface area contributed by atoms with Crippen LogP contribution in [0.1, 0.15) is 104 Å². The van der Waals surface area contributed by atoms with Crippen molar-refractivity contribution in [2.24, 2.45) is 17.6 Å². The minimum atomic E-state index is -1.67. The van der Waals surface area contributed by atoms with E-state index >= 15 is 0 Å². The van der Waals surface area contributed by atoms with E-state index in [1.807, 2.05) is 0 Å². The molecule has 0 spiro atoms. The van der Waals surface area contributed by atoms with Gasteiger partial charge in [0.05, 0.1) is 52.8 Å². The van der Waals surface area contributed by atoms with E-state index in [4.69, 9.17) is 58.7 Å². The number of quaternary nitrogens is 3. The van der Waals surface area contributed by atoms with Gasteiger partial charge in [0.1, 0.15) is 30.5 Å². The molecule has 4 fully saturated rings. The number of aliphatic hydroxyl groups is 3. The summed E-state index contributed by atoms with van der Waals surface area (Å²) in [5.74, 6) is -3.26. The quantitative estimate of drug-likeness (QED) is 0.0314. The minimum Gasteiger partial charge on any atom is -1.00 e. The van der Waals surface area contributed by atoms with Crippen molar-refractivity contribution in [2.75, 3.05) is 73.6 Å². The number of nitrogens with two attached hydrogens (primary N) is 2. The van der Waals surface area contributed by atoms with Gasteiger partial charge in [-0.25, -0.2) is 28.2 Å². The molecule has 2 amide bonds. The van der Waals surface area contributed by atoms with Gasteiger partial charge in [-0.05, 0) is 82.2 Å². The summed E-state index contributed by atoms with van der Waals surface area (Å²) >= 11 is 15.3. The molecule has 2 aliphatic heterocycles. The average molecular weight is 1400 g/mol. The molecule has 0 bridgehead atoms. The predicted molar refractivity (Wildman–Crippen MR) is 301 cm³/mol. The Morgan fingerprint density at radius 3 is 1.48 bits per heavy atom. The first-order valence-electron chi connectivity index (χ1n) is 25.2. The molecule has 84 heavy (non-hydrogen) atoms. The number of halogens is 8. The molecule has 17 N–H and O–H groups in total. The summed E-state index contributed by atoms with van der Waals surface area (Å²) < 4.78 is 26.6. The number of carbonyl (C=O) groups is 10. The highest BCUT2D eigenvalue weighted by Crippen LogP contribution is 2.30. The number of ketones is 1. The number of aliphatic hydroxyl groups excluding tert-OH is 3. The number of methoxy groups -OCH3 is 4. The van der Waals surface area contributed by atoms with Crippen LogP contribution in [0.25, 0.3) is 0 Å². The lowest BCUT2D eigenvalue weighted by Crippen LogP contribution is -3.00. The number of hydrogen-bond acceptors (Lipinski definition) is 20.